The van der Waals surface area contributed by atoms with Crippen LogP contribution in [0.2, 0.25) is 0 Å². The summed E-state index contributed by atoms with van der Waals surface area (Å²) in [5.74, 6) is -0.502. The second-order valence-electron chi connectivity index (χ2n) is 11.2. The van der Waals surface area contributed by atoms with Crippen LogP contribution in [-0.4, -0.2) is 103 Å². The first-order chi connectivity index (χ1) is 22.9. The molecule has 3 fully saturated rings. The van der Waals surface area contributed by atoms with Gasteiger partial charge in [0.2, 0.25) is 5.95 Å². The smallest absolute Gasteiger partial charge is 0.386 e. The van der Waals surface area contributed by atoms with Gasteiger partial charge in [0.1, 0.15) is 36.3 Å². The number of rotatable bonds is 5. The van der Waals surface area contributed by atoms with E-state index in [9.17, 15) is 28.8 Å². The number of nitrogen functional groups attached to an aromatic ring is 2. The lowest BCUT2D eigenvalue weighted by atomic mass is 9.93. The molecule has 7 rings (SSSR count). The van der Waals surface area contributed by atoms with Crippen LogP contribution in [0.3, 0.4) is 0 Å². The van der Waals surface area contributed by atoms with E-state index in [1.54, 1.807) is 0 Å². The van der Waals surface area contributed by atoms with Crippen LogP contribution in [0.25, 0.3) is 22.3 Å². The molecule has 3 aliphatic rings. The van der Waals surface area contributed by atoms with Crippen LogP contribution in [0.15, 0.2) is 23.8 Å². The zero-order valence-corrected chi connectivity index (χ0v) is 27.2. The third-order valence-electron chi connectivity index (χ3n) is 8.20. The first kappa shape index (κ1) is 33.4. The van der Waals surface area contributed by atoms with Crippen LogP contribution >= 0.6 is 28.3 Å². The molecule has 0 spiro atoms. The highest BCUT2D eigenvalue weighted by atomic mass is 32.1. The topological polar surface area (TPSA) is 309 Å². The monoisotopic (exact) mass is 732 g/mol. The number of hydrogen-bond donors (Lipinski definition) is 7. The molecular formula is C23H30N10O12P2S. The summed E-state index contributed by atoms with van der Waals surface area (Å²) in [5, 5.41) is 11.3. The Morgan fingerprint density at radius 1 is 0.917 bits per heavy atom. The fourth-order valence-electron chi connectivity index (χ4n) is 6.08. The zero-order valence-electron chi connectivity index (χ0n) is 24.5. The van der Waals surface area contributed by atoms with Crippen molar-refractivity contribution in [2.75, 3.05) is 30.4 Å². The summed E-state index contributed by atoms with van der Waals surface area (Å²) in [4.78, 5) is 57.0. The Balaban J connectivity index is 1.23. The highest BCUT2D eigenvalue weighted by Crippen LogP contribution is 2.55. The number of phosphoric ester groups is 2. The number of thiol groups is 1. The van der Waals surface area contributed by atoms with Crippen molar-refractivity contribution in [3.63, 3.8) is 0 Å². The van der Waals surface area contributed by atoms with Crippen molar-refractivity contribution in [1.29, 1.82) is 0 Å². The Hall–Kier alpha value is -3.05. The van der Waals surface area contributed by atoms with Gasteiger partial charge in [0.15, 0.2) is 35.1 Å². The van der Waals surface area contributed by atoms with Crippen molar-refractivity contribution >= 4 is 62.4 Å². The molecule has 4 aromatic rings. The third-order valence-corrected chi connectivity index (χ3v) is 10.5. The van der Waals surface area contributed by atoms with Gasteiger partial charge >= 0.3 is 15.6 Å². The number of anilines is 2. The fourth-order valence-corrected chi connectivity index (χ4v) is 8.19. The number of nitrogens with one attached hydrogen (secondary N) is 1. The van der Waals surface area contributed by atoms with E-state index in [0.29, 0.717) is 18.6 Å². The van der Waals surface area contributed by atoms with Crippen molar-refractivity contribution in [2.45, 2.75) is 55.8 Å². The molecule has 3 saturated heterocycles. The quantitative estimate of drug-likeness (QED) is 0.102. The Labute approximate surface area is 274 Å². The van der Waals surface area contributed by atoms with Crippen molar-refractivity contribution in [3.05, 3.63) is 29.3 Å². The number of aromatic nitrogens is 8. The number of hydrogen-bond acceptors (Lipinski definition) is 18. The summed E-state index contributed by atoms with van der Waals surface area (Å²) in [5.41, 5.74) is 11.2. The van der Waals surface area contributed by atoms with E-state index in [4.69, 9.17) is 39.0 Å². The van der Waals surface area contributed by atoms with E-state index in [2.05, 4.69) is 42.5 Å². The van der Waals surface area contributed by atoms with Crippen LogP contribution in [-0.2, 0) is 36.7 Å². The summed E-state index contributed by atoms with van der Waals surface area (Å²) >= 11 is 4.27. The molecule has 0 aromatic carbocycles. The van der Waals surface area contributed by atoms with Crippen LogP contribution in [0.4, 0.5) is 11.8 Å². The Morgan fingerprint density at radius 3 is 2.29 bits per heavy atom. The Morgan fingerprint density at radius 2 is 1.56 bits per heavy atom. The number of fused-ring (bicyclic) bond motifs is 5. The maximum Gasteiger partial charge on any atom is 0.472 e. The van der Waals surface area contributed by atoms with Gasteiger partial charge in [-0.2, -0.15) is 17.6 Å². The summed E-state index contributed by atoms with van der Waals surface area (Å²) in [6.07, 6.45) is -5.22. The molecule has 0 saturated carbocycles. The van der Waals surface area contributed by atoms with Gasteiger partial charge in [0.25, 0.3) is 5.56 Å². The van der Waals surface area contributed by atoms with E-state index >= 15 is 0 Å². The molecule has 0 radical (unpaired) electrons. The lowest BCUT2D eigenvalue weighted by Gasteiger charge is -2.27. The molecule has 0 amide bonds. The Bertz CT molecular complexity index is 2000. The van der Waals surface area contributed by atoms with Gasteiger partial charge in [-0.1, -0.05) is 0 Å². The Kier molecular flexibility index (Phi) is 8.84. The highest BCUT2D eigenvalue weighted by Gasteiger charge is 2.54. The number of aliphatic hydroxyl groups excluding tert-OH is 1. The largest absolute Gasteiger partial charge is 0.472 e. The molecule has 10 atom stereocenters. The molecule has 4 aromatic heterocycles. The SMILES string of the molecule is Nc1nc2c(ncn2[C@@H]2O[C@@H]3COP(=O)(O)OC4[C@@H](COP(=O)(O)OC2[C@H]3CCCS)O[C@@H](n2cnc3c(N)ncnc32)[C@H]4O)c(=O)[nH]1. The maximum atomic E-state index is 13.6. The van der Waals surface area contributed by atoms with Gasteiger partial charge < -0.3 is 35.8 Å². The second kappa shape index (κ2) is 12.7. The number of aliphatic hydroxyl groups is 1. The van der Waals surface area contributed by atoms with Crippen molar-refractivity contribution in [1.82, 2.24) is 39.0 Å². The second-order valence-corrected chi connectivity index (χ2v) is 14.4. The van der Waals surface area contributed by atoms with Gasteiger partial charge in [-0.25, -0.2) is 29.1 Å². The molecule has 48 heavy (non-hydrogen) atoms. The average molecular weight is 733 g/mol. The molecule has 260 valence electrons. The number of imidazole rings is 2. The average Bonchev–Trinajstić information content (AvgIpc) is 3.79. The lowest BCUT2D eigenvalue weighted by Crippen LogP contribution is -2.36. The number of aromatic amines is 1. The van der Waals surface area contributed by atoms with E-state index in [0.717, 1.165) is 0 Å². The van der Waals surface area contributed by atoms with E-state index < -0.39 is 83.3 Å². The summed E-state index contributed by atoms with van der Waals surface area (Å²) in [7, 11) is -10.00. The molecule has 2 bridgehead atoms. The predicted octanol–water partition coefficient (Wildman–Crippen LogP) is -0.376. The van der Waals surface area contributed by atoms with Crippen LogP contribution in [0.5, 0.6) is 0 Å². The standard InChI is InChI=1S/C23H30N10O12P2S/c24-17-12-18(27-6-26-17)32(7-28-12)21-14(34)16-11(43-21)5-41-46(36,37)44-15-9(2-1-3-48)10(4-40-47(38,39)45-16)42-22(15)33-8-29-13-19(33)30-23(25)31-20(13)35/h6-11,14-16,21-22,34,48H,1-5H2,(H,36,37)(H,38,39)(H2,24,26,27)(H3,25,30,31,35)/t9-,10+,11+,14-,15?,16?,21+,22+/m0/s1. The van der Waals surface area contributed by atoms with Crippen LogP contribution < -0.4 is 17.0 Å². The van der Waals surface area contributed by atoms with E-state index in [-0.39, 0.29) is 34.1 Å². The van der Waals surface area contributed by atoms with Gasteiger partial charge in [-0.3, -0.25) is 37.0 Å². The van der Waals surface area contributed by atoms with Crippen molar-refractivity contribution in [3.8, 4) is 0 Å². The van der Waals surface area contributed by atoms with Gasteiger partial charge in [-0.05, 0) is 18.6 Å². The molecule has 4 unspecified atom stereocenters. The van der Waals surface area contributed by atoms with Gasteiger partial charge in [0.05, 0.1) is 32.0 Å². The molecule has 3 aliphatic heterocycles. The first-order valence-electron chi connectivity index (χ1n) is 14.4. The lowest BCUT2D eigenvalue weighted by molar-refractivity contribution is -0.0671. The zero-order chi connectivity index (χ0) is 34.0. The predicted molar refractivity (Wildman–Crippen MR) is 164 cm³/mol. The van der Waals surface area contributed by atoms with E-state index in [1.807, 2.05) is 0 Å². The van der Waals surface area contributed by atoms with Crippen molar-refractivity contribution < 1.29 is 51.6 Å². The molecule has 7 heterocycles. The molecule has 0 aliphatic carbocycles. The maximum absolute atomic E-state index is 13.6. The normalized spacial score (nSPS) is 36.1. The first-order valence-corrected chi connectivity index (χ1v) is 18.0. The molecular weight excluding hydrogens is 702 g/mol. The minimum absolute atomic E-state index is 0.0170. The number of nitrogens with two attached hydrogens (primary N) is 2. The van der Waals surface area contributed by atoms with Crippen LogP contribution in [0.1, 0.15) is 25.3 Å². The van der Waals surface area contributed by atoms with Gasteiger partial charge in [0, 0.05) is 5.92 Å². The highest BCUT2D eigenvalue weighted by molar-refractivity contribution is 7.80. The van der Waals surface area contributed by atoms with E-state index in [1.165, 1.54) is 28.1 Å². The fraction of sp³-hybridized carbons (Fsp3) is 0.565. The molecule has 25 heteroatoms. The molecule has 8 N–H and O–H groups in total. The number of nitrogens with zero attached hydrogens (tertiary/aromatic N) is 7. The summed E-state index contributed by atoms with van der Waals surface area (Å²) in [6.45, 7) is -1.33. The number of phosphoric acid groups is 2. The minimum Gasteiger partial charge on any atom is -0.386 e. The summed E-state index contributed by atoms with van der Waals surface area (Å²) < 4.78 is 63.5. The van der Waals surface area contributed by atoms with Crippen LogP contribution in [0, 0.1) is 5.92 Å². The number of H-pyrrole nitrogens is 1. The van der Waals surface area contributed by atoms with Crippen molar-refractivity contribution in [2.24, 2.45) is 5.92 Å². The third kappa shape index (κ3) is 6.14. The molecule has 22 nitrogen and oxygen atoms in total. The summed E-state index contributed by atoms with van der Waals surface area (Å²) in [6, 6.07) is 0. The number of ether oxygens (including phenoxy) is 2. The minimum atomic E-state index is -5.00. The van der Waals surface area contributed by atoms with Gasteiger partial charge in [-0.15, -0.1) is 0 Å².